The second-order valence-corrected chi connectivity index (χ2v) is 11.2. The van der Waals surface area contributed by atoms with Gasteiger partial charge in [0.15, 0.2) is 0 Å². The van der Waals surface area contributed by atoms with E-state index in [4.69, 9.17) is 4.84 Å². The molecule has 4 aliphatic carbocycles. The first-order chi connectivity index (χ1) is 13.7. The minimum Gasteiger partial charge on any atom is -0.396 e. The Bertz CT molecular complexity index is 684. The number of aliphatic hydroxyl groups excluding tert-OH is 1. The molecule has 0 aromatic heterocycles. The Hall–Kier alpha value is -0.870. The number of nitrogens with one attached hydrogen (secondary N) is 1. The zero-order valence-corrected chi connectivity index (χ0v) is 19.3. The monoisotopic (exact) mass is 402 g/mol. The lowest BCUT2D eigenvalue weighted by Crippen LogP contribution is -2.54. The number of hydrogen-bond donors (Lipinski definition) is 2. The van der Waals surface area contributed by atoms with Crippen LogP contribution in [0.5, 0.6) is 0 Å². The molecule has 0 spiro atoms. The van der Waals surface area contributed by atoms with Crippen LogP contribution in [0.3, 0.4) is 0 Å². The van der Waals surface area contributed by atoms with Crippen molar-refractivity contribution < 1.29 is 9.94 Å². The van der Waals surface area contributed by atoms with Gasteiger partial charge in [-0.05, 0) is 93.5 Å². The summed E-state index contributed by atoms with van der Waals surface area (Å²) in [6.07, 6.45) is 11.6. The van der Waals surface area contributed by atoms with Crippen LogP contribution in [0.15, 0.2) is 16.8 Å². The maximum absolute atomic E-state index is 10.7. The molecule has 0 radical (unpaired) electrons. The van der Waals surface area contributed by atoms with Crippen molar-refractivity contribution in [3.63, 3.8) is 0 Å². The molecule has 4 rings (SSSR count). The van der Waals surface area contributed by atoms with Gasteiger partial charge in [0.2, 0.25) is 0 Å². The van der Waals surface area contributed by atoms with Gasteiger partial charge in [0.05, 0.1) is 11.8 Å². The topological polar surface area (TPSA) is 53.8 Å². The van der Waals surface area contributed by atoms with Crippen LogP contribution in [0.2, 0.25) is 0 Å². The second kappa shape index (κ2) is 7.67. The van der Waals surface area contributed by atoms with Gasteiger partial charge in [0.25, 0.3) is 0 Å². The summed E-state index contributed by atoms with van der Waals surface area (Å²) >= 11 is 0. The Kier molecular flexibility index (Phi) is 5.65. The van der Waals surface area contributed by atoms with Gasteiger partial charge in [0.1, 0.15) is 6.61 Å². The first kappa shape index (κ1) is 21.4. The van der Waals surface area contributed by atoms with E-state index in [-0.39, 0.29) is 22.3 Å². The number of nitrogens with zero attached hydrogens (tertiary/aromatic N) is 1. The molecular formula is C25H42N2O2. The third-order valence-corrected chi connectivity index (χ3v) is 9.53. The SMILES string of the molecule is CNCCCO/N=C1/CC[C@@]2(C)C(=CC[C@H]3[C@@H]4CC[C@H](O)[C@@]4(C)CC[C@@H]32)C1(C)C. The second-order valence-electron chi connectivity index (χ2n) is 11.2. The molecular weight excluding hydrogens is 360 g/mol. The van der Waals surface area contributed by atoms with E-state index in [1.54, 1.807) is 5.57 Å². The van der Waals surface area contributed by atoms with Gasteiger partial charge in [0, 0.05) is 5.41 Å². The molecule has 2 N–H and O–H groups in total. The number of fused-ring (bicyclic) bond motifs is 5. The average Bonchev–Trinajstić information content (AvgIpc) is 2.98. The van der Waals surface area contributed by atoms with E-state index in [0.29, 0.717) is 12.5 Å². The highest BCUT2D eigenvalue weighted by atomic mass is 16.6. The molecule has 6 atom stereocenters. The molecule has 3 saturated carbocycles. The molecule has 0 amide bonds. The molecule has 3 fully saturated rings. The van der Waals surface area contributed by atoms with Crippen molar-refractivity contribution in [3.05, 3.63) is 11.6 Å². The Morgan fingerprint density at radius 2 is 1.93 bits per heavy atom. The van der Waals surface area contributed by atoms with Crippen molar-refractivity contribution in [1.29, 1.82) is 0 Å². The van der Waals surface area contributed by atoms with Crippen molar-refractivity contribution in [1.82, 2.24) is 5.32 Å². The Morgan fingerprint density at radius 1 is 1.14 bits per heavy atom. The van der Waals surface area contributed by atoms with Crippen LogP contribution < -0.4 is 5.32 Å². The first-order valence-corrected chi connectivity index (χ1v) is 12.0. The fourth-order valence-corrected chi connectivity index (χ4v) is 7.80. The van der Waals surface area contributed by atoms with Crippen molar-refractivity contribution in [2.45, 2.75) is 85.2 Å². The number of allylic oxidation sites excluding steroid dienone is 2. The zero-order valence-electron chi connectivity index (χ0n) is 19.3. The first-order valence-electron chi connectivity index (χ1n) is 12.0. The molecule has 0 heterocycles. The summed E-state index contributed by atoms with van der Waals surface area (Å²) in [6.45, 7) is 11.3. The van der Waals surface area contributed by atoms with E-state index in [0.717, 1.165) is 37.6 Å². The van der Waals surface area contributed by atoms with E-state index < -0.39 is 0 Å². The van der Waals surface area contributed by atoms with E-state index in [2.05, 4.69) is 44.2 Å². The summed E-state index contributed by atoms with van der Waals surface area (Å²) in [5.74, 6) is 2.19. The molecule has 164 valence electrons. The Balaban J connectivity index is 1.56. The maximum atomic E-state index is 10.7. The van der Waals surface area contributed by atoms with E-state index in [1.165, 1.54) is 37.8 Å². The molecule has 0 saturated heterocycles. The molecule has 0 aliphatic heterocycles. The van der Waals surface area contributed by atoms with Crippen molar-refractivity contribution >= 4 is 5.71 Å². The third kappa shape index (κ3) is 3.29. The lowest BCUT2D eigenvalue weighted by Gasteiger charge is -2.60. The van der Waals surface area contributed by atoms with Gasteiger partial charge in [-0.1, -0.05) is 44.5 Å². The predicted molar refractivity (Wildman–Crippen MR) is 119 cm³/mol. The number of hydrogen-bond acceptors (Lipinski definition) is 4. The fraction of sp³-hybridized carbons (Fsp3) is 0.880. The van der Waals surface area contributed by atoms with Gasteiger partial charge >= 0.3 is 0 Å². The molecule has 4 heteroatoms. The lowest BCUT2D eigenvalue weighted by molar-refractivity contribution is -0.0670. The summed E-state index contributed by atoms with van der Waals surface area (Å²) in [7, 11) is 1.97. The van der Waals surface area contributed by atoms with E-state index >= 15 is 0 Å². The summed E-state index contributed by atoms with van der Waals surface area (Å²) in [6, 6.07) is 0. The van der Waals surface area contributed by atoms with Crippen LogP contribution in [-0.2, 0) is 4.84 Å². The normalized spacial score (nSPS) is 44.6. The number of oxime groups is 1. The maximum Gasteiger partial charge on any atom is 0.118 e. The van der Waals surface area contributed by atoms with Gasteiger partial charge in [-0.3, -0.25) is 0 Å². The van der Waals surface area contributed by atoms with Crippen LogP contribution in [0.25, 0.3) is 0 Å². The van der Waals surface area contributed by atoms with Crippen LogP contribution in [-0.4, -0.2) is 37.1 Å². The zero-order chi connectivity index (χ0) is 20.9. The van der Waals surface area contributed by atoms with Crippen molar-refractivity contribution in [2.24, 2.45) is 39.2 Å². The molecule has 0 bridgehead atoms. The van der Waals surface area contributed by atoms with Gasteiger partial charge < -0.3 is 15.3 Å². The van der Waals surface area contributed by atoms with Crippen LogP contribution in [0.1, 0.15) is 79.1 Å². The molecule has 29 heavy (non-hydrogen) atoms. The molecule has 0 unspecified atom stereocenters. The summed E-state index contributed by atoms with van der Waals surface area (Å²) in [5, 5.41) is 18.5. The highest BCUT2D eigenvalue weighted by Crippen LogP contribution is 2.66. The highest BCUT2D eigenvalue weighted by molar-refractivity contribution is 5.93. The number of rotatable bonds is 5. The lowest BCUT2D eigenvalue weighted by atomic mass is 9.45. The van der Waals surface area contributed by atoms with Crippen molar-refractivity contribution in [2.75, 3.05) is 20.2 Å². The molecule has 0 aromatic carbocycles. The van der Waals surface area contributed by atoms with Crippen LogP contribution in [0, 0.1) is 34.0 Å². The largest absolute Gasteiger partial charge is 0.396 e. The number of aliphatic hydroxyl groups is 1. The molecule has 4 nitrogen and oxygen atoms in total. The minimum atomic E-state index is -0.0896. The smallest absolute Gasteiger partial charge is 0.118 e. The summed E-state index contributed by atoms with van der Waals surface area (Å²) < 4.78 is 0. The van der Waals surface area contributed by atoms with E-state index in [9.17, 15) is 5.11 Å². The van der Waals surface area contributed by atoms with Crippen molar-refractivity contribution in [3.8, 4) is 0 Å². The van der Waals surface area contributed by atoms with Crippen LogP contribution >= 0.6 is 0 Å². The third-order valence-electron chi connectivity index (χ3n) is 9.53. The average molecular weight is 403 g/mol. The van der Waals surface area contributed by atoms with Gasteiger partial charge in [-0.2, -0.15) is 0 Å². The Labute approximate surface area is 177 Å². The molecule has 4 aliphatic rings. The standard InChI is InChI=1S/C25H42N2O2/c1-23(2)20-9-7-17-18-8-10-22(28)25(18,4)13-11-19(17)24(20,3)14-12-21(23)27-29-16-6-15-26-5/h9,17-19,22,26,28H,6-8,10-16H2,1-5H3/b27-21-/t17-,18-,19-,22-,24+,25-/m0/s1. The molecule has 0 aromatic rings. The summed E-state index contributed by atoms with van der Waals surface area (Å²) in [4.78, 5) is 5.70. The summed E-state index contributed by atoms with van der Waals surface area (Å²) in [5.41, 5.74) is 3.24. The fourth-order valence-electron chi connectivity index (χ4n) is 7.80. The predicted octanol–water partition coefficient (Wildman–Crippen LogP) is 4.93. The minimum absolute atomic E-state index is 0.0169. The highest BCUT2D eigenvalue weighted by Gasteiger charge is 2.60. The van der Waals surface area contributed by atoms with E-state index in [1.807, 2.05) is 7.05 Å². The Morgan fingerprint density at radius 3 is 2.69 bits per heavy atom. The van der Waals surface area contributed by atoms with Gasteiger partial charge in [-0.25, -0.2) is 0 Å². The van der Waals surface area contributed by atoms with Gasteiger partial charge in [-0.15, -0.1) is 0 Å². The quantitative estimate of drug-likeness (QED) is 0.389. The van der Waals surface area contributed by atoms with Crippen LogP contribution in [0.4, 0.5) is 0 Å².